The van der Waals surface area contributed by atoms with Crippen LogP contribution in [0.4, 0.5) is 0 Å². The van der Waals surface area contributed by atoms with Gasteiger partial charge in [-0.3, -0.25) is 9.59 Å². The summed E-state index contributed by atoms with van der Waals surface area (Å²) in [5.74, 6) is 1.82. The van der Waals surface area contributed by atoms with Gasteiger partial charge in [0.05, 0.1) is 10.8 Å². The summed E-state index contributed by atoms with van der Waals surface area (Å²) < 4.78 is 0. The average molecular weight is 471 g/mol. The molecule has 0 aromatic heterocycles. The van der Waals surface area contributed by atoms with Crippen molar-refractivity contribution in [1.82, 2.24) is 9.80 Å². The van der Waals surface area contributed by atoms with Crippen LogP contribution >= 0.6 is 0 Å². The molecule has 6 aliphatic rings. The highest BCUT2D eigenvalue weighted by Gasteiger charge is 2.66. The third-order valence-electron chi connectivity index (χ3n) is 11.0. The Kier molecular flexibility index (Phi) is 5.25. The molecule has 0 atom stereocenters. The SMILES string of the molecule is CC1(C)CCCC(C)(C)N1C(=O)C12CC3CC(C1)CC(C(=O)N1C(C)(C)CCCC1(C)C)(C3)C2. The molecular formula is C30H50N2O2. The zero-order valence-corrected chi connectivity index (χ0v) is 23.4. The molecule has 0 radical (unpaired) electrons. The van der Waals surface area contributed by atoms with E-state index >= 15 is 0 Å². The summed E-state index contributed by atoms with van der Waals surface area (Å²) in [7, 11) is 0. The second kappa shape index (κ2) is 7.25. The van der Waals surface area contributed by atoms with Gasteiger partial charge in [0, 0.05) is 22.2 Å². The van der Waals surface area contributed by atoms with E-state index in [1.165, 1.54) is 19.3 Å². The molecule has 4 heteroatoms. The van der Waals surface area contributed by atoms with Gasteiger partial charge in [0.1, 0.15) is 0 Å². The molecule has 4 nitrogen and oxygen atoms in total. The first-order valence-electron chi connectivity index (χ1n) is 14.2. The summed E-state index contributed by atoms with van der Waals surface area (Å²) in [5, 5.41) is 0. The van der Waals surface area contributed by atoms with E-state index in [4.69, 9.17) is 0 Å². The van der Waals surface area contributed by atoms with E-state index < -0.39 is 0 Å². The Morgan fingerprint density at radius 1 is 0.559 bits per heavy atom. The van der Waals surface area contributed by atoms with Crippen LogP contribution < -0.4 is 0 Å². The summed E-state index contributed by atoms with van der Waals surface area (Å²) in [6, 6.07) is 0. The quantitative estimate of drug-likeness (QED) is 0.450. The van der Waals surface area contributed by atoms with E-state index in [1.807, 2.05) is 0 Å². The van der Waals surface area contributed by atoms with Gasteiger partial charge >= 0.3 is 0 Å². The van der Waals surface area contributed by atoms with Crippen LogP contribution in [0.15, 0.2) is 0 Å². The zero-order chi connectivity index (χ0) is 24.9. The summed E-state index contributed by atoms with van der Waals surface area (Å²) >= 11 is 0. The maximum Gasteiger partial charge on any atom is 0.229 e. The standard InChI is InChI=1S/C30H50N2O2/c1-25(2)11-9-12-26(3,4)31(25)23(33)29-16-21-15-22(17-29)19-30(18-21,20-29)24(34)32-27(5,6)13-10-14-28(32,7)8/h21-22H,9-20H2,1-8H3. The number of rotatable bonds is 2. The largest absolute Gasteiger partial charge is 0.332 e. The molecule has 4 saturated carbocycles. The monoisotopic (exact) mass is 470 g/mol. The highest BCUT2D eigenvalue weighted by Crippen LogP contribution is 2.67. The number of hydrogen-bond acceptors (Lipinski definition) is 2. The topological polar surface area (TPSA) is 40.6 Å². The lowest BCUT2D eigenvalue weighted by atomic mass is 9.43. The number of nitrogens with zero attached hydrogens (tertiary/aromatic N) is 2. The van der Waals surface area contributed by atoms with Crippen molar-refractivity contribution in [3.05, 3.63) is 0 Å². The van der Waals surface area contributed by atoms with Crippen LogP contribution in [-0.4, -0.2) is 43.8 Å². The molecule has 6 fully saturated rings. The summed E-state index contributed by atoms with van der Waals surface area (Å²) in [6.07, 6.45) is 12.7. The van der Waals surface area contributed by atoms with Crippen molar-refractivity contribution in [1.29, 1.82) is 0 Å². The number of carbonyl (C=O) groups excluding carboxylic acids is 2. The molecule has 0 aromatic carbocycles. The Balaban J connectivity index is 1.53. The second-order valence-electron chi connectivity index (χ2n) is 15.8. The first-order valence-corrected chi connectivity index (χ1v) is 14.2. The van der Waals surface area contributed by atoms with Gasteiger partial charge in [-0.05, 0) is 144 Å². The van der Waals surface area contributed by atoms with Gasteiger partial charge in [0.25, 0.3) is 0 Å². The van der Waals surface area contributed by atoms with E-state index in [-0.39, 0.29) is 33.0 Å². The van der Waals surface area contributed by atoms with Gasteiger partial charge in [-0.25, -0.2) is 0 Å². The maximum atomic E-state index is 14.7. The molecule has 0 spiro atoms. The highest BCUT2D eigenvalue weighted by molar-refractivity contribution is 5.89. The number of hydrogen-bond donors (Lipinski definition) is 0. The van der Waals surface area contributed by atoms with Crippen LogP contribution in [0.1, 0.15) is 132 Å². The highest BCUT2D eigenvalue weighted by atomic mass is 16.2. The zero-order valence-electron chi connectivity index (χ0n) is 23.4. The van der Waals surface area contributed by atoms with Gasteiger partial charge in [0.2, 0.25) is 11.8 Å². The Morgan fingerprint density at radius 3 is 1.15 bits per heavy atom. The van der Waals surface area contributed by atoms with Gasteiger partial charge in [-0.2, -0.15) is 0 Å². The fourth-order valence-corrected chi connectivity index (χ4v) is 10.3. The molecule has 0 N–H and O–H groups in total. The second-order valence-corrected chi connectivity index (χ2v) is 15.8. The molecule has 6 rings (SSSR count). The Bertz CT molecular complexity index is 768. The molecule has 2 heterocycles. The van der Waals surface area contributed by atoms with E-state index in [0.717, 1.165) is 57.8 Å². The predicted octanol–water partition coefficient (Wildman–Crippen LogP) is 6.71. The third kappa shape index (κ3) is 3.51. The summed E-state index contributed by atoms with van der Waals surface area (Å²) in [5.41, 5.74) is -1.13. The number of carbonyl (C=O) groups is 2. The maximum absolute atomic E-state index is 14.7. The number of likely N-dealkylation sites (tertiary alicyclic amines) is 2. The smallest absolute Gasteiger partial charge is 0.229 e. The van der Waals surface area contributed by atoms with Crippen LogP contribution in [0.2, 0.25) is 0 Å². The van der Waals surface area contributed by atoms with Crippen LogP contribution in [0, 0.1) is 22.7 Å². The third-order valence-corrected chi connectivity index (χ3v) is 11.0. The van der Waals surface area contributed by atoms with Crippen molar-refractivity contribution >= 4 is 11.8 Å². The number of piperidine rings is 2. The van der Waals surface area contributed by atoms with E-state index in [1.54, 1.807) is 0 Å². The van der Waals surface area contributed by atoms with Crippen molar-refractivity contribution in [2.45, 2.75) is 155 Å². The van der Waals surface area contributed by atoms with E-state index in [2.05, 4.69) is 65.2 Å². The van der Waals surface area contributed by atoms with Crippen molar-refractivity contribution in [2.24, 2.45) is 22.7 Å². The molecular weight excluding hydrogens is 420 g/mol. The van der Waals surface area contributed by atoms with E-state index in [0.29, 0.717) is 23.7 Å². The molecule has 4 bridgehead atoms. The van der Waals surface area contributed by atoms with Gasteiger partial charge < -0.3 is 9.80 Å². The summed E-state index contributed by atoms with van der Waals surface area (Å²) in [4.78, 5) is 34.0. The van der Waals surface area contributed by atoms with Crippen LogP contribution in [0.3, 0.4) is 0 Å². The minimum Gasteiger partial charge on any atom is -0.332 e. The fraction of sp³-hybridized carbons (Fsp3) is 0.933. The molecule has 0 unspecified atom stereocenters. The minimum atomic E-state index is -0.338. The van der Waals surface area contributed by atoms with Gasteiger partial charge in [0.15, 0.2) is 0 Å². The van der Waals surface area contributed by atoms with Crippen LogP contribution in [0.5, 0.6) is 0 Å². The predicted molar refractivity (Wildman–Crippen MR) is 137 cm³/mol. The van der Waals surface area contributed by atoms with Crippen molar-refractivity contribution in [2.75, 3.05) is 0 Å². The fourth-order valence-electron chi connectivity index (χ4n) is 10.3. The number of amides is 2. The lowest BCUT2D eigenvalue weighted by molar-refractivity contribution is -0.196. The van der Waals surface area contributed by atoms with Crippen LogP contribution in [-0.2, 0) is 9.59 Å². The Morgan fingerprint density at radius 2 is 0.853 bits per heavy atom. The first kappa shape index (κ1) is 24.6. The van der Waals surface area contributed by atoms with Crippen molar-refractivity contribution < 1.29 is 9.59 Å². The van der Waals surface area contributed by atoms with Crippen LogP contribution in [0.25, 0.3) is 0 Å². The normalized spacial score (nSPS) is 41.4. The Labute approximate surface area is 208 Å². The average Bonchev–Trinajstić information content (AvgIpc) is 2.63. The molecule has 2 aliphatic heterocycles. The molecule has 4 aliphatic carbocycles. The van der Waals surface area contributed by atoms with Gasteiger partial charge in [-0.15, -0.1) is 0 Å². The minimum absolute atomic E-state index is 0.115. The summed E-state index contributed by atoms with van der Waals surface area (Å²) in [6.45, 7) is 18.2. The molecule has 192 valence electrons. The Hall–Kier alpha value is -1.06. The molecule has 0 aromatic rings. The van der Waals surface area contributed by atoms with Crippen molar-refractivity contribution in [3.8, 4) is 0 Å². The first-order chi connectivity index (χ1) is 15.5. The lowest BCUT2D eigenvalue weighted by Gasteiger charge is -2.65. The molecule has 2 amide bonds. The molecule has 34 heavy (non-hydrogen) atoms. The van der Waals surface area contributed by atoms with Crippen molar-refractivity contribution in [3.63, 3.8) is 0 Å². The van der Waals surface area contributed by atoms with E-state index in [9.17, 15) is 9.59 Å². The molecule has 2 saturated heterocycles. The lowest BCUT2D eigenvalue weighted by Crippen LogP contribution is -2.70. The van der Waals surface area contributed by atoms with Gasteiger partial charge in [-0.1, -0.05) is 0 Å².